The number of hydrogen-bond acceptors (Lipinski definition) is 4. The molecule has 29 heavy (non-hydrogen) atoms. The van der Waals surface area contributed by atoms with Gasteiger partial charge in [0, 0.05) is 12.1 Å². The number of piperidine rings is 1. The van der Waals surface area contributed by atoms with E-state index in [1.165, 1.54) is 0 Å². The molecule has 2 aliphatic heterocycles. The summed E-state index contributed by atoms with van der Waals surface area (Å²) in [4.78, 5) is 39.1. The highest BCUT2D eigenvalue weighted by molar-refractivity contribution is 6.09. The van der Waals surface area contributed by atoms with Gasteiger partial charge in [-0.15, -0.1) is 12.4 Å². The Balaban J connectivity index is 0.00000300. The topological polar surface area (TPSA) is 90.5 Å². The fourth-order valence-corrected chi connectivity index (χ4v) is 5.02. The predicted molar refractivity (Wildman–Crippen MR) is 115 cm³/mol. The average molecular weight is 429 g/mol. The van der Waals surface area contributed by atoms with Crippen LogP contribution in [0.15, 0.2) is 0 Å². The number of imide groups is 1. The summed E-state index contributed by atoms with van der Waals surface area (Å²) in [7, 11) is 0. The number of nitrogens with one attached hydrogen (secondary N) is 3. The van der Waals surface area contributed by atoms with Crippen LogP contribution in [0.25, 0.3) is 0 Å². The zero-order chi connectivity index (χ0) is 20.5. The van der Waals surface area contributed by atoms with Crippen molar-refractivity contribution in [1.82, 2.24) is 20.9 Å². The first-order valence-electron chi connectivity index (χ1n) is 10.8. The molecule has 3 N–H and O–H groups in total. The van der Waals surface area contributed by atoms with Crippen LogP contribution in [0, 0.1) is 11.3 Å². The van der Waals surface area contributed by atoms with E-state index < -0.39 is 11.6 Å². The molecule has 3 fully saturated rings. The van der Waals surface area contributed by atoms with Crippen LogP contribution in [0.5, 0.6) is 0 Å². The van der Waals surface area contributed by atoms with Crippen LogP contribution in [0.3, 0.4) is 0 Å². The monoisotopic (exact) mass is 428 g/mol. The Hall–Kier alpha value is -1.34. The minimum Gasteiger partial charge on any atom is -0.352 e. The summed E-state index contributed by atoms with van der Waals surface area (Å²) < 4.78 is 0. The minimum absolute atomic E-state index is 0. The van der Waals surface area contributed by atoms with Crippen molar-refractivity contribution in [2.45, 2.75) is 90.3 Å². The van der Waals surface area contributed by atoms with Gasteiger partial charge in [0.05, 0.1) is 0 Å². The van der Waals surface area contributed by atoms with E-state index in [9.17, 15) is 14.4 Å². The second-order valence-corrected chi connectivity index (χ2v) is 9.66. The quantitative estimate of drug-likeness (QED) is 0.587. The fraction of sp³-hybridized carbons (Fsp3) is 0.857. The van der Waals surface area contributed by atoms with Gasteiger partial charge in [0.2, 0.25) is 5.91 Å². The first-order valence-corrected chi connectivity index (χ1v) is 10.8. The van der Waals surface area contributed by atoms with E-state index in [0.29, 0.717) is 24.8 Å². The molecule has 8 heteroatoms. The van der Waals surface area contributed by atoms with Gasteiger partial charge in [-0.2, -0.15) is 0 Å². The summed E-state index contributed by atoms with van der Waals surface area (Å²) >= 11 is 0. The normalized spacial score (nSPS) is 32.7. The Kier molecular flexibility index (Phi) is 7.60. The maximum absolute atomic E-state index is 13.1. The van der Waals surface area contributed by atoms with E-state index in [1.807, 2.05) is 0 Å². The van der Waals surface area contributed by atoms with Crippen LogP contribution in [0.1, 0.15) is 72.6 Å². The molecule has 2 saturated heterocycles. The van der Waals surface area contributed by atoms with Gasteiger partial charge in [0.25, 0.3) is 5.91 Å². The number of carbonyl (C=O) groups excluding carboxylic acids is 3. The number of hydrogen-bond donors (Lipinski definition) is 3. The molecule has 4 amide bonds. The van der Waals surface area contributed by atoms with E-state index in [-0.39, 0.29) is 42.2 Å². The summed E-state index contributed by atoms with van der Waals surface area (Å²) in [5.41, 5.74) is -0.556. The van der Waals surface area contributed by atoms with Gasteiger partial charge in [0.1, 0.15) is 12.1 Å². The highest BCUT2D eigenvalue weighted by atomic mass is 35.5. The summed E-state index contributed by atoms with van der Waals surface area (Å²) in [6.07, 6.45) is 6.02. The van der Waals surface area contributed by atoms with Crippen LogP contribution in [0.4, 0.5) is 4.79 Å². The van der Waals surface area contributed by atoms with Crippen LogP contribution in [0.2, 0.25) is 0 Å². The molecule has 0 radical (unpaired) electrons. The van der Waals surface area contributed by atoms with Crippen molar-refractivity contribution in [3.63, 3.8) is 0 Å². The molecule has 0 bridgehead atoms. The largest absolute Gasteiger partial charge is 0.352 e. The first-order chi connectivity index (χ1) is 13.2. The maximum atomic E-state index is 13.1. The minimum atomic E-state index is -0.805. The molecule has 1 saturated carbocycles. The third-order valence-electron chi connectivity index (χ3n) is 7.39. The van der Waals surface area contributed by atoms with Crippen LogP contribution >= 0.6 is 12.4 Å². The molecular weight excluding hydrogens is 392 g/mol. The van der Waals surface area contributed by atoms with Crippen molar-refractivity contribution in [2.24, 2.45) is 11.3 Å². The van der Waals surface area contributed by atoms with E-state index in [4.69, 9.17) is 0 Å². The second kappa shape index (κ2) is 9.21. The highest BCUT2D eigenvalue weighted by Gasteiger charge is 2.53. The Morgan fingerprint density at radius 3 is 2.48 bits per heavy atom. The number of halogens is 1. The molecule has 0 aromatic carbocycles. The predicted octanol–water partition coefficient (Wildman–Crippen LogP) is 2.58. The lowest BCUT2D eigenvalue weighted by atomic mass is 9.65. The average Bonchev–Trinajstić information content (AvgIpc) is 2.86. The molecule has 1 aliphatic carbocycles. The molecule has 2 unspecified atom stereocenters. The summed E-state index contributed by atoms with van der Waals surface area (Å²) in [6, 6.07) is 0.0406. The van der Waals surface area contributed by atoms with Gasteiger partial charge in [-0.3, -0.25) is 14.5 Å². The Morgan fingerprint density at radius 2 is 1.90 bits per heavy atom. The van der Waals surface area contributed by atoms with Crippen LogP contribution < -0.4 is 16.0 Å². The van der Waals surface area contributed by atoms with E-state index >= 15 is 0 Å². The molecule has 3 rings (SSSR count). The third-order valence-corrected chi connectivity index (χ3v) is 7.39. The number of urea groups is 1. The van der Waals surface area contributed by atoms with Gasteiger partial charge in [0.15, 0.2) is 0 Å². The fourth-order valence-electron chi connectivity index (χ4n) is 5.02. The highest BCUT2D eigenvalue weighted by Crippen LogP contribution is 2.45. The van der Waals surface area contributed by atoms with Crippen molar-refractivity contribution in [3.8, 4) is 0 Å². The van der Waals surface area contributed by atoms with E-state index in [2.05, 4.69) is 43.6 Å². The van der Waals surface area contributed by atoms with Gasteiger partial charge in [-0.05, 0) is 63.3 Å². The standard InChI is InChI=1S/C21H36N4O3.ClH/c1-5-20(3,4)15-6-9-21(10-7-15)18(27)25(19(28)24-21)13-17(26)23-16-8-11-22-14(2)12-16;/h14-16,22H,5-13H2,1-4H3,(H,23,26)(H,24,28);1H. The third kappa shape index (κ3) is 5.05. The smallest absolute Gasteiger partial charge is 0.325 e. The molecule has 0 aromatic heterocycles. The molecule has 2 atom stereocenters. The van der Waals surface area contributed by atoms with Crippen molar-refractivity contribution in [2.75, 3.05) is 13.1 Å². The Bertz CT molecular complexity index is 631. The summed E-state index contributed by atoms with van der Waals surface area (Å²) in [6.45, 7) is 9.54. The summed E-state index contributed by atoms with van der Waals surface area (Å²) in [5.74, 6) is 0.0895. The molecule has 0 aromatic rings. The Labute approximate surface area is 180 Å². The number of nitrogens with zero attached hydrogens (tertiary/aromatic N) is 1. The number of rotatable bonds is 5. The summed E-state index contributed by atoms with van der Waals surface area (Å²) in [5, 5.41) is 9.26. The van der Waals surface area contributed by atoms with E-state index in [1.54, 1.807) is 0 Å². The van der Waals surface area contributed by atoms with Gasteiger partial charge in [-0.25, -0.2) is 4.79 Å². The lowest BCUT2D eigenvalue weighted by Gasteiger charge is -2.42. The van der Waals surface area contributed by atoms with Crippen molar-refractivity contribution in [3.05, 3.63) is 0 Å². The van der Waals surface area contributed by atoms with E-state index in [0.717, 1.165) is 43.5 Å². The number of carbonyl (C=O) groups is 3. The molecule has 166 valence electrons. The number of amides is 4. The molecule has 7 nitrogen and oxygen atoms in total. The second-order valence-electron chi connectivity index (χ2n) is 9.66. The zero-order valence-corrected chi connectivity index (χ0v) is 19.0. The first kappa shape index (κ1) is 23.9. The molecule has 1 spiro atoms. The molecule has 3 aliphatic rings. The molecule has 2 heterocycles. The lowest BCUT2D eigenvalue weighted by Crippen LogP contribution is -2.52. The zero-order valence-electron chi connectivity index (χ0n) is 18.2. The lowest BCUT2D eigenvalue weighted by molar-refractivity contribution is -0.136. The maximum Gasteiger partial charge on any atom is 0.325 e. The molecular formula is C21H37ClN4O3. The van der Waals surface area contributed by atoms with Crippen molar-refractivity contribution >= 4 is 30.3 Å². The van der Waals surface area contributed by atoms with Gasteiger partial charge >= 0.3 is 6.03 Å². The van der Waals surface area contributed by atoms with Crippen LogP contribution in [-0.2, 0) is 9.59 Å². The van der Waals surface area contributed by atoms with Gasteiger partial charge < -0.3 is 16.0 Å². The van der Waals surface area contributed by atoms with Crippen molar-refractivity contribution in [1.29, 1.82) is 0 Å². The van der Waals surface area contributed by atoms with Gasteiger partial charge in [-0.1, -0.05) is 27.2 Å². The SMILES string of the molecule is CCC(C)(C)C1CCC2(CC1)NC(=O)N(CC(=O)NC1CCNC(C)C1)C2=O.Cl. The Morgan fingerprint density at radius 1 is 1.24 bits per heavy atom. The van der Waals surface area contributed by atoms with Crippen molar-refractivity contribution < 1.29 is 14.4 Å². The van der Waals surface area contributed by atoms with Crippen LogP contribution in [-0.4, -0.2) is 53.5 Å².